The number of alkyl halides is 1. The first-order valence-corrected chi connectivity index (χ1v) is 8.41. The summed E-state index contributed by atoms with van der Waals surface area (Å²) in [5.74, 6) is 1.36. The molecule has 1 unspecified atom stereocenters. The van der Waals surface area contributed by atoms with Crippen molar-refractivity contribution in [3.63, 3.8) is 0 Å². The molecule has 1 aliphatic heterocycles. The number of hydrogen-bond acceptors (Lipinski definition) is 2. The molecule has 0 aromatic heterocycles. The summed E-state index contributed by atoms with van der Waals surface area (Å²) in [6.45, 7) is 1.80. The quantitative estimate of drug-likeness (QED) is 0.749. The maximum absolute atomic E-state index is 12.2. The number of amides is 1. The number of rotatable bonds is 5. The van der Waals surface area contributed by atoms with Crippen LogP contribution in [0, 0.1) is 5.92 Å². The molecule has 1 amide bonds. The Morgan fingerprint density at radius 1 is 1.40 bits per heavy atom. The molecular weight excluding hydrogens is 342 g/mol. The highest BCUT2D eigenvalue weighted by Gasteiger charge is 2.23. The molecule has 0 N–H and O–H groups in total. The Morgan fingerprint density at radius 2 is 2.15 bits per heavy atom. The highest BCUT2D eigenvalue weighted by atomic mass is 79.9. The van der Waals surface area contributed by atoms with E-state index < -0.39 is 0 Å². The number of hydrogen-bond donors (Lipinski definition) is 0. The topological polar surface area (TPSA) is 29.5 Å². The van der Waals surface area contributed by atoms with Crippen LogP contribution in [0.25, 0.3) is 0 Å². The van der Waals surface area contributed by atoms with Crippen molar-refractivity contribution in [2.45, 2.75) is 19.3 Å². The molecule has 1 fully saturated rings. The molecule has 0 bridgehead atoms. The number of carbonyl (C=O) groups is 1. The lowest BCUT2D eigenvalue weighted by Gasteiger charge is -2.32. The van der Waals surface area contributed by atoms with Crippen molar-refractivity contribution in [3.05, 3.63) is 29.3 Å². The molecule has 1 aromatic rings. The van der Waals surface area contributed by atoms with E-state index in [1.807, 2.05) is 4.90 Å². The zero-order chi connectivity index (χ0) is 14.4. The van der Waals surface area contributed by atoms with Crippen molar-refractivity contribution < 1.29 is 9.53 Å². The predicted octanol–water partition coefficient (Wildman–Crippen LogP) is 3.74. The molecule has 0 aliphatic carbocycles. The average Bonchev–Trinajstić information content (AvgIpc) is 2.47. The van der Waals surface area contributed by atoms with Crippen LogP contribution in [-0.4, -0.2) is 35.8 Å². The van der Waals surface area contributed by atoms with E-state index in [2.05, 4.69) is 15.9 Å². The van der Waals surface area contributed by atoms with Crippen LogP contribution >= 0.6 is 27.5 Å². The van der Waals surface area contributed by atoms with Crippen molar-refractivity contribution in [1.29, 1.82) is 0 Å². The minimum absolute atomic E-state index is 0.0687. The molecule has 3 nitrogen and oxygen atoms in total. The van der Waals surface area contributed by atoms with E-state index in [1.54, 1.807) is 24.3 Å². The van der Waals surface area contributed by atoms with Gasteiger partial charge in [-0.1, -0.05) is 27.5 Å². The Kier molecular flexibility index (Phi) is 6.17. The fourth-order valence-electron chi connectivity index (χ4n) is 2.45. The minimum Gasteiger partial charge on any atom is -0.484 e. The lowest BCUT2D eigenvalue weighted by molar-refractivity contribution is -0.135. The molecule has 5 heteroatoms. The van der Waals surface area contributed by atoms with Crippen molar-refractivity contribution >= 4 is 33.4 Å². The van der Waals surface area contributed by atoms with Crippen LogP contribution in [0.15, 0.2) is 24.3 Å². The number of piperidine rings is 1. The summed E-state index contributed by atoms with van der Waals surface area (Å²) in [5.41, 5.74) is 0. The van der Waals surface area contributed by atoms with Gasteiger partial charge < -0.3 is 9.64 Å². The van der Waals surface area contributed by atoms with Crippen LogP contribution in [0.3, 0.4) is 0 Å². The van der Waals surface area contributed by atoms with Crippen LogP contribution in [0.2, 0.25) is 5.02 Å². The molecule has 1 aliphatic rings. The number of ether oxygens (including phenoxy) is 1. The van der Waals surface area contributed by atoms with Crippen molar-refractivity contribution in [1.82, 2.24) is 4.90 Å². The summed E-state index contributed by atoms with van der Waals surface area (Å²) in [6.07, 6.45) is 3.43. The maximum Gasteiger partial charge on any atom is 0.260 e. The van der Waals surface area contributed by atoms with Crippen molar-refractivity contribution in [2.75, 3.05) is 25.0 Å². The summed E-state index contributed by atoms with van der Waals surface area (Å²) < 4.78 is 5.51. The Bertz CT molecular complexity index is 436. The second kappa shape index (κ2) is 7.89. The van der Waals surface area contributed by atoms with Gasteiger partial charge in [0, 0.05) is 23.4 Å². The highest BCUT2D eigenvalue weighted by molar-refractivity contribution is 9.09. The highest BCUT2D eigenvalue weighted by Crippen LogP contribution is 2.21. The fraction of sp³-hybridized carbons (Fsp3) is 0.533. The molecule has 110 valence electrons. The van der Waals surface area contributed by atoms with Crippen molar-refractivity contribution in [3.8, 4) is 5.75 Å². The van der Waals surface area contributed by atoms with Gasteiger partial charge in [0.15, 0.2) is 6.61 Å². The van der Waals surface area contributed by atoms with Crippen molar-refractivity contribution in [2.24, 2.45) is 5.92 Å². The summed E-state index contributed by atoms with van der Waals surface area (Å²) in [4.78, 5) is 14.1. The normalized spacial score (nSPS) is 18.9. The maximum atomic E-state index is 12.2. The third kappa shape index (κ3) is 4.67. The van der Waals surface area contributed by atoms with Crippen LogP contribution in [0.4, 0.5) is 0 Å². The van der Waals surface area contributed by atoms with Gasteiger partial charge in [0.25, 0.3) is 5.91 Å². The van der Waals surface area contributed by atoms with E-state index >= 15 is 0 Å². The molecule has 20 heavy (non-hydrogen) atoms. The SMILES string of the molecule is O=C(COc1ccc(Cl)cc1)N1CCCC(CCBr)C1. The summed E-state index contributed by atoms with van der Waals surface area (Å²) in [5, 5.41) is 1.67. The second-order valence-electron chi connectivity index (χ2n) is 5.07. The van der Waals surface area contributed by atoms with Crippen LogP contribution in [0.5, 0.6) is 5.75 Å². The zero-order valence-electron chi connectivity index (χ0n) is 11.4. The number of nitrogens with zero attached hydrogens (tertiary/aromatic N) is 1. The lowest BCUT2D eigenvalue weighted by atomic mass is 9.96. The van der Waals surface area contributed by atoms with Gasteiger partial charge in [-0.2, -0.15) is 0 Å². The standard InChI is InChI=1S/C15H19BrClNO2/c16-8-7-12-2-1-9-18(10-12)15(19)11-20-14-5-3-13(17)4-6-14/h3-6,12H,1-2,7-11H2. The first-order valence-electron chi connectivity index (χ1n) is 6.91. The second-order valence-corrected chi connectivity index (χ2v) is 6.30. The number of halogens is 2. The van der Waals surface area contributed by atoms with E-state index in [-0.39, 0.29) is 12.5 Å². The van der Waals surface area contributed by atoms with E-state index in [0.717, 1.165) is 31.3 Å². The third-order valence-electron chi connectivity index (χ3n) is 3.57. The molecule has 0 saturated carbocycles. The molecular formula is C15H19BrClNO2. The van der Waals surface area contributed by atoms with E-state index in [9.17, 15) is 4.79 Å². The first kappa shape index (κ1) is 15.6. The monoisotopic (exact) mass is 359 g/mol. The molecule has 0 spiro atoms. The lowest BCUT2D eigenvalue weighted by Crippen LogP contribution is -2.42. The molecule has 1 heterocycles. The van der Waals surface area contributed by atoms with Gasteiger partial charge in [-0.15, -0.1) is 0 Å². The van der Waals surface area contributed by atoms with E-state index in [4.69, 9.17) is 16.3 Å². The molecule has 1 saturated heterocycles. The Balaban J connectivity index is 1.80. The largest absolute Gasteiger partial charge is 0.484 e. The first-order chi connectivity index (χ1) is 9.69. The van der Waals surface area contributed by atoms with Gasteiger partial charge in [-0.05, 0) is 49.4 Å². The number of carbonyl (C=O) groups excluding carboxylic acids is 1. The third-order valence-corrected chi connectivity index (χ3v) is 4.27. The summed E-state index contributed by atoms with van der Waals surface area (Å²) in [7, 11) is 0. The van der Waals surface area contributed by atoms with Crippen LogP contribution in [0.1, 0.15) is 19.3 Å². The van der Waals surface area contributed by atoms with E-state index in [0.29, 0.717) is 16.7 Å². The number of likely N-dealkylation sites (tertiary alicyclic amines) is 1. The Morgan fingerprint density at radius 3 is 2.85 bits per heavy atom. The predicted molar refractivity (Wildman–Crippen MR) is 84.7 cm³/mol. The van der Waals surface area contributed by atoms with Crippen LogP contribution in [-0.2, 0) is 4.79 Å². The van der Waals surface area contributed by atoms with Gasteiger partial charge in [-0.25, -0.2) is 0 Å². The van der Waals surface area contributed by atoms with Gasteiger partial charge in [0.1, 0.15) is 5.75 Å². The molecule has 1 atom stereocenters. The zero-order valence-corrected chi connectivity index (χ0v) is 13.7. The summed E-state index contributed by atoms with van der Waals surface area (Å²) >= 11 is 9.28. The van der Waals surface area contributed by atoms with Gasteiger partial charge in [0.2, 0.25) is 0 Å². The van der Waals surface area contributed by atoms with Crippen LogP contribution < -0.4 is 4.74 Å². The number of benzene rings is 1. The van der Waals surface area contributed by atoms with Gasteiger partial charge in [-0.3, -0.25) is 4.79 Å². The summed E-state index contributed by atoms with van der Waals surface area (Å²) in [6, 6.07) is 7.07. The van der Waals surface area contributed by atoms with Gasteiger partial charge in [0.05, 0.1) is 0 Å². The Labute approximate surface area is 133 Å². The molecule has 1 aromatic carbocycles. The Hall–Kier alpha value is -0.740. The smallest absolute Gasteiger partial charge is 0.260 e. The molecule has 2 rings (SSSR count). The molecule has 0 radical (unpaired) electrons. The van der Waals surface area contributed by atoms with Gasteiger partial charge >= 0.3 is 0 Å². The van der Waals surface area contributed by atoms with E-state index in [1.165, 1.54) is 6.42 Å². The fourth-order valence-corrected chi connectivity index (χ4v) is 3.22. The average molecular weight is 361 g/mol. The minimum atomic E-state index is 0.0687.